The molecule has 0 saturated carbocycles. The Morgan fingerprint density at radius 2 is 1.83 bits per heavy atom. The monoisotopic (exact) mass is 335 g/mol. The lowest BCUT2D eigenvalue weighted by molar-refractivity contribution is -0.162. The summed E-state index contributed by atoms with van der Waals surface area (Å²) in [7, 11) is 1.71. The molecule has 0 aliphatic rings. The van der Waals surface area contributed by atoms with E-state index in [4.69, 9.17) is 9.84 Å². The van der Waals surface area contributed by atoms with Gasteiger partial charge in [0.15, 0.2) is 5.78 Å². The summed E-state index contributed by atoms with van der Waals surface area (Å²) >= 11 is 0. The average Bonchev–Trinajstić information content (AvgIpc) is 2.52. The van der Waals surface area contributed by atoms with Crippen molar-refractivity contribution in [2.75, 3.05) is 13.7 Å². The van der Waals surface area contributed by atoms with Crippen LogP contribution in [0.3, 0.4) is 0 Å². The van der Waals surface area contributed by atoms with E-state index in [1.807, 2.05) is 30.3 Å². The third-order valence-electron chi connectivity index (χ3n) is 3.66. The molecule has 5 nitrogen and oxygen atoms in total. The van der Waals surface area contributed by atoms with Crippen molar-refractivity contribution in [3.05, 3.63) is 35.9 Å². The summed E-state index contributed by atoms with van der Waals surface area (Å²) in [6.07, 6.45) is 1.18. The Morgan fingerprint density at radius 3 is 2.33 bits per heavy atom. The molecule has 0 amide bonds. The summed E-state index contributed by atoms with van der Waals surface area (Å²) in [5.74, 6) is -1.57. The molecule has 0 aromatic heterocycles. The van der Waals surface area contributed by atoms with E-state index in [1.165, 1.54) is 0 Å². The number of carbonyl (C=O) groups excluding carboxylic acids is 2. The largest absolute Gasteiger partial charge is 0.459 e. The van der Waals surface area contributed by atoms with Crippen LogP contribution >= 0.6 is 0 Å². The van der Waals surface area contributed by atoms with Crippen molar-refractivity contribution in [3.63, 3.8) is 0 Å². The van der Waals surface area contributed by atoms with Gasteiger partial charge in [0.1, 0.15) is 11.5 Å². The maximum Gasteiger partial charge on any atom is 0.317 e. The van der Waals surface area contributed by atoms with Crippen LogP contribution in [0.15, 0.2) is 30.3 Å². The summed E-state index contributed by atoms with van der Waals surface area (Å²) in [4.78, 5) is 25.3. The molecule has 24 heavy (non-hydrogen) atoms. The number of ether oxygens (including phenoxy) is 1. The molecular weight excluding hydrogens is 306 g/mol. The van der Waals surface area contributed by atoms with Gasteiger partial charge in [0.05, 0.1) is 6.04 Å². The van der Waals surface area contributed by atoms with E-state index in [1.54, 1.807) is 27.8 Å². The highest BCUT2D eigenvalue weighted by Crippen LogP contribution is 2.19. The van der Waals surface area contributed by atoms with Gasteiger partial charge in [-0.25, -0.2) is 0 Å². The molecule has 0 spiro atoms. The minimum Gasteiger partial charge on any atom is -0.459 e. The highest BCUT2D eigenvalue weighted by molar-refractivity contribution is 6.01. The predicted octanol–water partition coefficient (Wildman–Crippen LogP) is 2.12. The van der Waals surface area contributed by atoms with Gasteiger partial charge in [-0.2, -0.15) is 0 Å². The Kier molecular flexibility index (Phi) is 8.08. The molecule has 0 fully saturated rings. The predicted molar refractivity (Wildman–Crippen MR) is 93.7 cm³/mol. The molecule has 0 aliphatic heterocycles. The van der Waals surface area contributed by atoms with Gasteiger partial charge in [0.2, 0.25) is 0 Å². The molecule has 134 valence electrons. The standard InChI is InChI=1S/C19H29NO4/c1-19(2,3)24-18(23)15(11-8-12-21)17(22)16(20-4)13-14-9-6-5-7-10-14/h5-7,9-10,15-16,20-21H,8,11-13H2,1-4H3/t15?,16-/m0/s1. The maximum absolute atomic E-state index is 12.9. The molecule has 1 aromatic carbocycles. The molecule has 1 unspecified atom stereocenters. The molecule has 0 saturated heterocycles. The van der Waals surface area contributed by atoms with Crippen molar-refractivity contribution >= 4 is 11.8 Å². The second-order valence-corrected chi connectivity index (χ2v) is 6.89. The smallest absolute Gasteiger partial charge is 0.317 e. The summed E-state index contributed by atoms with van der Waals surface area (Å²) in [6.45, 7) is 5.27. The number of ketones is 1. The summed E-state index contributed by atoms with van der Waals surface area (Å²) < 4.78 is 5.39. The topological polar surface area (TPSA) is 75.6 Å². The van der Waals surface area contributed by atoms with Gasteiger partial charge < -0.3 is 15.2 Å². The first kappa shape index (κ1) is 20.3. The Bertz CT molecular complexity index is 522. The Balaban J connectivity index is 2.89. The number of aliphatic hydroxyl groups is 1. The van der Waals surface area contributed by atoms with E-state index in [9.17, 15) is 9.59 Å². The fraction of sp³-hybridized carbons (Fsp3) is 0.579. The van der Waals surface area contributed by atoms with Crippen LogP contribution in [0.25, 0.3) is 0 Å². The normalized spacial score (nSPS) is 14.0. The Labute approximate surface area is 144 Å². The highest BCUT2D eigenvalue weighted by atomic mass is 16.6. The first-order valence-corrected chi connectivity index (χ1v) is 8.37. The van der Waals surface area contributed by atoms with E-state index in [0.29, 0.717) is 12.8 Å². The van der Waals surface area contributed by atoms with Crippen molar-refractivity contribution in [1.82, 2.24) is 5.32 Å². The van der Waals surface area contributed by atoms with Crippen molar-refractivity contribution < 1.29 is 19.4 Å². The minimum absolute atomic E-state index is 0.0600. The number of likely N-dealkylation sites (N-methyl/N-ethyl adjacent to an activating group) is 1. The van der Waals surface area contributed by atoms with E-state index in [-0.39, 0.29) is 18.8 Å². The lowest BCUT2D eigenvalue weighted by atomic mass is 9.90. The van der Waals surface area contributed by atoms with E-state index < -0.39 is 23.5 Å². The average molecular weight is 335 g/mol. The molecule has 1 rings (SSSR count). The molecule has 0 aliphatic carbocycles. The van der Waals surface area contributed by atoms with Crippen molar-refractivity contribution in [2.45, 2.75) is 51.7 Å². The SMILES string of the molecule is CN[C@@H](Cc1ccccc1)C(=O)C(CCCO)C(=O)OC(C)(C)C. The lowest BCUT2D eigenvalue weighted by Crippen LogP contribution is -2.44. The number of hydrogen-bond donors (Lipinski definition) is 2. The van der Waals surface area contributed by atoms with Crippen molar-refractivity contribution in [1.29, 1.82) is 0 Å². The second-order valence-electron chi connectivity index (χ2n) is 6.89. The van der Waals surface area contributed by atoms with Crippen LogP contribution in [-0.2, 0) is 20.7 Å². The first-order valence-electron chi connectivity index (χ1n) is 8.37. The van der Waals surface area contributed by atoms with Crippen LogP contribution in [0.4, 0.5) is 0 Å². The molecule has 2 atom stereocenters. The number of Topliss-reactive ketones (excluding diaryl/α,β-unsaturated/α-hetero) is 1. The summed E-state index contributed by atoms with van der Waals surface area (Å²) in [5, 5.41) is 12.1. The number of carbonyl (C=O) groups is 2. The van der Waals surface area contributed by atoms with E-state index in [0.717, 1.165) is 5.56 Å². The quantitative estimate of drug-likeness (QED) is 0.534. The van der Waals surface area contributed by atoms with Crippen molar-refractivity contribution in [3.8, 4) is 0 Å². The van der Waals surface area contributed by atoms with Gasteiger partial charge in [-0.05, 0) is 52.6 Å². The first-order chi connectivity index (χ1) is 11.3. The molecule has 1 aromatic rings. The van der Waals surface area contributed by atoms with Gasteiger partial charge in [-0.15, -0.1) is 0 Å². The zero-order chi connectivity index (χ0) is 18.2. The second kappa shape index (κ2) is 9.55. The number of aliphatic hydroxyl groups excluding tert-OH is 1. The molecule has 0 heterocycles. The van der Waals surface area contributed by atoms with Crippen LogP contribution in [0.1, 0.15) is 39.2 Å². The minimum atomic E-state index is -0.863. The number of esters is 1. The van der Waals surface area contributed by atoms with Crippen LogP contribution < -0.4 is 5.32 Å². The third kappa shape index (κ3) is 6.81. The number of nitrogens with one attached hydrogen (secondary N) is 1. The van der Waals surface area contributed by atoms with Crippen LogP contribution in [0.2, 0.25) is 0 Å². The van der Waals surface area contributed by atoms with Crippen LogP contribution in [0, 0.1) is 5.92 Å². The molecular formula is C19H29NO4. The van der Waals surface area contributed by atoms with E-state index in [2.05, 4.69) is 5.32 Å². The highest BCUT2D eigenvalue weighted by Gasteiger charge is 2.34. The Morgan fingerprint density at radius 1 is 1.21 bits per heavy atom. The zero-order valence-corrected chi connectivity index (χ0v) is 15.0. The van der Waals surface area contributed by atoms with Gasteiger partial charge >= 0.3 is 5.97 Å². The van der Waals surface area contributed by atoms with Crippen LogP contribution in [-0.4, -0.2) is 42.2 Å². The Hall–Kier alpha value is -1.72. The number of rotatable bonds is 9. The lowest BCUT2D eigenvalue weighted by Gasteiger charge is -2.26. The molecule has 2 N–H and O–H groups in total. The van der Waals surface area contributed by atoms with Gasteiger partial charge in [-0.1, -0.05) is 30.3 Å². The zero-order valence-electron chi connectivity index (χ0n) is 15.0. The molecule has 0 bridgehead atoms. The van der Waals surface area contributed by atoms with E-state index >= 15 is 0 Å². The van der Waals surface area contributed by atoms with Gasteiger partial charge in [-0.3, -0.25) is 9.59 Å². The summed E-state index contributed by atoms with van der Waals surface area (Å²) in [6, 6.07) is 9.20. The summed E-state index contributed by atoms with van der Waals surface area (Å²) in [5.41, 5.74) is 0.374. The maximum atomic E-state index is 12.9. The number of benzene rings is 1. The number of hydrogen-bond acceptors (Lipinski definition) is 5. The third-order valence-corrected chi connectivity index (χ3v) is 3.66. The van der Waals surface area contributed by atoms with Gasteiger partial charge in [0.25, 0.3) is 0 Å². The fourth-order valence-electron chi connectivity index (χ4n) is 2.48. The van der Waals surface area contributed by atoms with Crippen LogP contribution in [0.5, 0.6) is 0 Å². The molecule has 0 radical (unpaired) electrons. The van der Waals surface area contributed by atoms with Crippen molar-refractivity contribution in [2.24, 2.45) is 5.92 Å². The fourth-order valence-corrected chi connectivity index (χ4v) is 2.48. The molecule has 5 heteroatoms. The van der Waals surface area contributed by atoms with Gasteiger partial charge in [0, 0.05) is 6.61 Å².